The van der Waals surface area contributed by atoms with E-state index in [2.05, 4.69) is 33.0 Å². The number of ketones is 1. The number of carbonyl (C=O) groups is 3. The molecule has 0 spiro atoms. The van der Waals surface area contributed by atoms with Crippen molar-refractivity contribution >= 4 is 29.4 Å². The molecule has 1 amide bonds. The number of thioether (sulfide) groups is 1. The first kappa shape index (κ1) is 30.9. The van der Waals surface area contributed by atoms with E-state index >= 15 is 0 Å². The van der Waals surface area contributed by atoms with Gasteiger partial charge < -0.3 is 14.8 Å². The van der Waals surface area contributed by atoms with Crippen molar-refractivity contribution in [2.45, 2.75) is 105 Å². The first-order chi connectivity index (χ1) is 15.2. The minimum absolute atomic E-state index is 0.0261. The van der Waals surface area contributed by atoms with Crippen LogP contribution in [0.2, 0.25) is 0 Å². The van der Waals surface area contributed by atoms with Crippen LogP contribution in [0.25, 0.3) is 0 Å². The molecule has 7 heteroatoms. The Kier molecular flexibility index (Phi) is 18.7. The fourth-order valence-electron chi connectivity index (χ4n) is 3.07. The summed E-state index contributed by atoms with van der Waals surface area (Å²) in [5.74, 6) is 1.96. The fourth-order valence-corrected chi connectivity index (χ4v) is 4.14. The van der Waals surface area contributed by atoms with Gasteiger partial charge >= 0.3 is 5.97 Å². The standard InChI is InChI=1S/C25H47NO5S/c1-7-23(27)22(26-24(28)14-11-13-20(5)6)18-32-17-21(31-25(29)8-2)16-30-15-10-9-12-19(3)4/h19-22H,7-18H2,1-6H3,(H,26,28). The summed E-state index contributed by atoms with van der Waals surface area (Å²) in [6, 6.07) is -0.504. The molecule has 0 radical (unpaired) electrons. The van der Waals surface area contributed by atoms with Crippen LogP contribution >= 0.6 is 11.8 Å². The van der Waals surface area contributed by atoms with Crippen molar-refractivity contribution in [2.24, 2.45) is 11.8 Å². The molecule has 0 bridgehead atoms. The number of amides is 1. The molecule has 0 fully saturated rings. The topological polar surface area (TPSA) is 81.7 Å². The maximum absolute atomic E-state index is 12.3. The number of hydrogen-bond acceptors (Lipinski definition) is 6. The molecule has 0 aliphatic rings. The first-order valence-corrected chi connectivity index (χ1v) is 13.5. The summed E-state index contributed by atoms with van der Waals surface area (Å²) < 4.78 is 11.3. The number of rotatable bonds is 20. The molecular formula is C25H47NO5S. The zero-order valence-corrected chi connectivity index (χ0v) is 22.1. The van der Waals surface area contributed by atoms with Gasteiger partial charge in [-0.25, -0.2) is 0 Å². The predicted molar refractivity (Wildman–Crippen MR) is 133 cm³/mol. The van der Waals surface area contributed by atoms with Gasteiger partial charge in [-0.2, -0.15) is 11.8 Å². The van der Waals surface area contributed by atoms with E-state index in [1.807, 2.05) is 6.92 Å². The number of carbonyl (C=O) groups excluding carboxylic acids is 3. The van der Waals surface area contributed by atoms with E-state index in [0.29, 0.717) is 55.8 Å². The Bertz CT molecular complexity index is 524. The van der Waals surface area contributed by atoms with Crippen molar-refractivity contribution in [2.75, 3.05) is 24.7 Å². The van der Waals surface area contributed by atoms with Crippen molar-refractivity contribution in [3.05, 3.63) is 0 Å². The lowest BCUT2D eigenvalue weighted by molar-refractivity contribution is -0.150. The predicted octanol–water partition coefficient (Wildman–Crippen LogP) is 5.17. The maximum atomic E-state index is 12.3. The molecule has 0 heterocycles. The highest BCUT2D eigenvalue weighted by Gasteiger charge is 2.21. The Morgan fingerprint density at radius 1 is 0.875 bits per heavy atom. The van der Waals surface area contributed by atoms with Crippen LogP contribution in [0.3, 0.4) is 0 Å². The van der Waals surface area contributed by atoms with Crippen LogP contribution in [-0.4, -0.2) is 54.5 Å². The largest absolute Gasteiger partial charge is 0.459 e. The molecule has 0 saturated carbocycles. The quantitative estimate of drug-likeness (QED) is 0.194. The average molecular weight is 474 g/mol. The van der Waals surface area contributed by atoms with Crippen LogP contribution in [0.1, 0.15) is 92.9 Å². The summed E-state index contributed by atoms with van der Waals surface area (Å²) in [6.07, 6.45) is 5.92. The molecule has 188 valence electrons. The van der Waals surface area contributed by atoms with E-state index in [0.717, 1.165) is 25.7 Å². The van der Waals surface area contributed by atoms with Crippen LogP contribution in [0.4, 0.5) is 0 Å². The Morgan fingerprint density at radius 3 is 2.12 bits per heavy atom. The zero-order chi connectivity index (χ0) is 24.4. The lowest BCUT2D eigenvalue weighted by atomic mass is 10.1. The molecule has 2 atom stereocenters. The number of hydrogen-bond donors (Lipinski definition) is 1. The molecule has 0 aliphatic heterocycles. The molecule has 2 unspecified atom stereocenters. The molecule has 0 saturated heterocycles. The third kappa shape index (κ3) is 17.5. The second kappa shape index (κ2) is 19.4. The van der Waals surface area contributed by atoms with Crippen LogP contribution in [0.15, 0.2) is 0 Å². The summed E-state index contributed by atoms with van der Waals surface area (Å²) in [6.45, 7) is 13.3. The number of Topliss-reactive ketones (excluding diaryl/α,β-unsaturated/α-hetero) is 1. The number of ether oxygens (including phenoxy) is 2. The lowest BCUT2D eigenvalue weighted by Gasteiger charge is -2.20. The molecule has 32 heavy (non-hydrogen) atoms. The van der Waals surface area contributed by atoms with Crippen LogP contribution in [0.5, 0.6) is 0 Å². The smallest absolute Gasteiger partial charge is 0.305 e. The monoisotopic (exact) mass is 473 g/mol. The zero-order valence-electron chi connectivity index (χ0n) is 21.2. The van der Waals surface area contributed by atoms with E-state index in [9.17, 15) is 14.4 Å². The van der Waals surface area contributed by atoms with Gasteiger partial charge in [0, 0.05) is 37.4 Å². The van der Waals surface area contributed by atoms with E-state index in [4.69, 9.17) is 9.47 Å². The molecule has 1 N–H and O–H groups in total. The van der Waals surface area contributed by atoms with Gasteiger partial charge in [0.05, 0.1) is 12.6 Å². The van der Waals surface area contributed by atoms with Crippen LogP contribution < -0.4 is 5.32 Å². The van der Waals surface area contributed by atoms with E-state index in [-0.39, 0.29) is 23.8 Å². The van der Waals surface area contributed by atoms with E-state index in [1.165, 1.54) is 18.2 Å². The van der Waals surface area contributed by atoms with Gasteiger partial charge in [0.25, 0.3) is 0 Å². The summed E-state index contributed by atoms with van der Waals surface area (Å²) in [7, 11) is 0. The van der Waals surface area contributed by atoms with Crippen LogP contribution in [-0.2, 0) is 23.9 Å². The van der Waals surface area contributed by atoms with Gasteiger partial charge in [-0.1, -0.05) is 60.8 Å². The SMILES string of the molecule is CCC(=O)OC(COCCCCC(C)C)CSCC(NC(=O)CCCC(C)C)C(=O)CC. The second-order valence-electron chi connectivity index (χ2n) is 9.19. The number of nitrogens with one attached hydrogen (secondary N) is 1. The highest BCUT2D eigenvalue weighted by Crippen LogP contribution is 2.13. The van der Waals surface area contributed by atoms with Crippen molar-refractivity contribution in [3.63, 3.8) is 0 Å². The van der Waals surface area contributed by atoms with Crippen molar-refractivity contribution in [1.29, 1.82) is 0 Å². The maximum Gasteiger partial charge on any atom is 0.305 e. The van der Waals surface area contributed by atoms with Gasteiger partial charge in [-0.3, -0.25) is 14.4 Å². The Balaban J connectivity index is 4.52. The number of esters is 1. The van der Waals surface area contributed by atoms with Gasteiger partial charge in [0.15, 0.2) is 5.78 Å². The van der Waals surface area contributed by atoms with Gasteiger partial charge in [0.1, 0.15) is 6.10 Å². The Labute approximate surface area is 200 Å². The average Bonchev–Trinajstić information content (AvgIpc) is 2.73. The molecular weight excluding hydrogens is 426 g/mol. The molecule has 0 aromatic heterocycles. The van der Waals surface area contributed by atoms with Crippen molar-refractivity contribution in [3.8, 4) is 0 Å². The molecule has 6 nitrogen and oxygen atoms in total. The summed E-state index contributed by atoms with van der Waals surface area (Å²) in [5.41, 5.74) is 0. The van der Waals surface area contributed by atoms with Crippen molar-refractivity contribution in [1.82, 2.24) is 5.32 Å². The highest BCUT2D eigenvalue weighted by molar-refractivity contribution is 7.99. The van der Waals surface area contributed by atoms with Gasteiger partial charge in [0.2, 0.25) is 5.91 Å². The lowest BCUT2D eigenvalue weighted by Crippen LogP contribution is -2.42. The van der Waals surface area contributed by atoms with E-state index < -0.39 is 6.04 Å². The molecule has 0 aromatic carbocycles. The minimum Gasteiger partial charge on any atom is -0.459 e. The highest BCUT2D eigenvalue weighted by atomic mass is 32.2. The van der Waals surface area contributed by atoms with Crippen LogP contribution in [0, 0.1) is 11.8 Å². The van der Waals surface area contributed by atoms with Gasteiger partial charge in [-0.05, 0) is 24.7 Å². The van der Waals surface area contributed by atoms with Crippen molar-refractivity contribution < 1.29 is 23.9 Å². The molecule has 0 rings (SSSR count). The Hall–Kier alpha value is -1.08. The second-order valence-corrected chi connectivity index (χ2v) is 10.3. The summed E-state index contributed by atoms with van der Waals surface area (Å²) in [5, 5.41) is 2.89. The molecule has 0 aliphatic carbocycles. The summed E-state index contributed by atoms with van der Waals surface area (Å²) in [4.78, 5) is 36.3. The fraction of sp³-hybridized carbons (Fsp3) is 0.880. The third-order valence-electron chi connectivity index (χ3n) is 5.06. The summed E-state index contributed by atoms with van der Waals surface area (Å²) >= 11 is 1.52. The number of unbranched alkanes of at least 4 members (excludes halogenated alkanes) is 1. The van der Waals surface area contributed by atoms with E-state index in [1.54, 1.807) is 6.92 Å². The normalized spacial score (nSPS) is 13.2. The molecule has 0 aromatic rings. The van der Waals surface area contributed by atoms with Gasteiger partial charge in [-0.15, -0.1) is 0 Å². The minimum atomic E-state index is -0.504. The Morgan fingerprint density at radius 2 is 1.53 bits per heavy atom. The first-order valence-electron chi connectivity index (χ1n) is 12.4. The third-order valence-corrected chi connectivity index (χ3v) is 6.23.